The Bertz CT molecular complexity index is 1020. The lowest BCUT2D eigenvalue weighted by atomic mass is 9.97. The van der Waals surface area contributed by atoms with Gasteiger partial charge in [0.25, 0.3) is 5.91 Å². The fraction of sp³-hybridized carbons (Fsp3) is 0.375. The number of fused-ring (bicyclic) bond motifs is 1. The van der Waals surface area contributed by atoms with Gasteiger partial charge in [-0.2, -0.15) is 0 Å². The molecule has 1 saturated heterocycles. The second-order valence-electron chi connectivity index (χ2n) is 7.94. The molecule has 1 aliphatic rings. The summed E-state index contributed by atoms with van der Waals surface area (Å²) in [5.41, 5.74) is 2.59. The minimum absolute atomic E-state index is 0.114. The number of hydrogen-bond donors (Lipinski definition) is 0. The number of hydrogen-bond acceptors (Lipinski definition) is 6. The Labute approximate surface area is 190 Å². The zero-order valence-electron chi connectivity index (χ0n) is 17.7. The molecule has 0 bridgehead atoms. The lowest BCUT2D eigenvalue weighted by molar-refractivity contribution is -0.140. The van der Waals surface area contributed by atoms with Crippen LogP contribution in [0.15, 0.2) is 52.9 Å². The molecule has 2 aromatic carbocycles. The van der Waals surface area contributed by atoms with Crippen LogP contribution in [0.2, 0.25) is 0 Å². The van der Waals surface area contributed by atoms with Crippen molar-refractivity contribution in [1.29, 1.82) is 0 Å². The van der Waals surface area contributed by atoms with Crippen molar-refractivity contribution in [3.05, 3.63) is 59.7 Å². The minimum atomic E-state index is -0.462. The molecule has 1 amide bonds. The Balaban J connectivity index is 1.29. The molecule has 5 nitrogen and oxygen atoms in total. The van der Waals surface area contributed by atoms with Gasteiger partial charge in [-0.1, -0.05) is 36.0 Å². The van der Waals surface area contributed by atoms with Crippen LogP contribution in [0.3, 0.4) is 0 Å². The Morgan fingerprint density at radius 2 is 1.81 bits per heavy atom. The molecule has 7 heteroatoms. The number of carbonyl (C=O) groups excluding carboxylic acids is 2. The smallest absolute Gasteiger partial charge is 0.338 e. The van der Waals surface area contributed by atoms with Crippen molar-refractivity contribution in [2.45, 2.75) is 55.3 Å². The molecular weight excluding hydrogens is 428 g/mol. The topological polar surface area (TPSA) is 59.5 Å². The third kappa shape index (κ3) is 5.28. The largest absolute Gasteiger partial charge is 0.452 e. The van der Waals surface area contributed by atoms with Crippen LogP contribution in [-0.4, -0.2) is 40.5 Å². The number of thioether (sulfide) groups is 1. The molecule has 162 valence electrons. The van der Waals surface area contributed by atoms with E-state index in [-0.39, 0.29) is 24.6 Å². The number of rotatable bonds is 6. The zero-order chi connectivity index (χ0) is 21.8. The zero-order valence-corrected chi connectivity index (χ0v) is 19.4. The average Bonchev–Trinajstić information content (AvgIpc) is 3.19. The molecule has 2 atom stereocenters. The highest BCUT2D eigenvalue weighted by Crippen LogP contribution is 2.31. The maximum atomic E-state index is 12.5. The van der Waals surface area contributed by atoms with Gasteiger partial charge in [0.2, 0.25) is 0 Å². The number of piperidine rings is 1. The summed E-state index contributed by atoms with van der Waals surface area (Å²) in [6, 6.07) is 15.9. The van der Waals surface area contributed by atoms with Crippen molar-refractivity contribution in [2.75, 3.05) is 6.61 Å². The van der Waals surface area contributed by atoms with E-state index in [0.717, 1.165) is 40.4 Å². The number of thiazole rings is 1. The van der Waals surface area contributed by atoms with Gasteiger partial charge in [0.1, 0.15) is 0 Å². The summed E-state index contributed by atoms with van der Waals surface area (Å²) in [6.07, 6.45) is 3.14. The van der Waals surface area contributed by atoms with Crippen LogP contribution >= 0.6 is 23.1 Å². The van der Waals surface area contributed by atoms with Crippen molar-refractivity contribution in [3.63, 3.8) is 0 Å². The average molecular weight is 455 g/mol. The molecule has 0 spiro atoms. The first-order valence-corrected chi connectivity index (χ1v) is 12.4. The van der Waals surface area contributed by atoms with Crippen LogP contribution in [0.1, 0.15) is 49.0 Å². The Kier molecular flexibility index (Phi) is 6.92. The number of ether oxygens (including phenoxy) is 1. The number of benzene rings is 2. The number of amides is 1. The number of nitrogens with zero attached hydrogens (tertiary/aromatic N) is 2. The molecule has 0 radical (unpaired) electrons. The van der Waals surface area contributed by atoms with Crippen LogP contribution < -0.4 is 0 Å². The number of aromatic nitrogens is 1. The molecule has 1 aliphatic heterocycles. The predicted molar refractivity (Wildman–Crippen MR) is 126 cm³/mol. The summed E-state index contributed by atoms with van der Waals surface area (Å²) in [7, 11) is 0. The van der Waals surface area contributed by atoms with E-state index in [9.17, 15) is 9.59 Å². The summed E-state index contributed by atoms with van der Waals surface area (Å²) in [6.45, 7) is 3.91. The van der Waals surface area contributed by atoms with Gasteiger partial charge in [-0.05, 0) is 62.9 Å². The number of likely N-dealkylation sites (tertiary alicyclic amines) is 1. The molecule has 4 rings (SSSR count). The lowest BCUT2D eigenvalue weighted by Crippen LogP contribution is -2.49. The van der Waals surface area contributed by atoms with Gasteiger partial charge < -0.3 is 9.64 Å². The minimum Gasteiger partial charge on any atom is -0.452 e. The number of para-hydroxylation sites is 1. The SMILES string of the molecule is C[C@@H]1CCC[C@@H](C)N1C(=O)COC(=O)c1ccc(CSc2nc3ccccc3s2)cc1. The standard InChI is InChI=1S/C24H26N2O3S2/c1-16-6-5-7-17(2)26(16)22(27)14-29-23(28)19-12-10-18(11-13-19)15-30-24-25-20-8-3-4-9-21(20)31-24/h3-4,8-13,16-17H,5-7,14-15H2,1-2H3/t16-,17-/m1/s1. The summed E-state index contributed by atoms with van der Waals surface area (Å²) in [4.78, 5) is 31.4. The van der Waals surface area contributed by atoms with Crippen LogP contribution in [0.5, 0.6) is 0 Å². The molecule has 1 aromatic heterocycles. The Morgan fingerprint density at radius 1 is 1.10 bits per heavy atom. The first-order valence-electron chi connectivity index (χ1n) is 10.6. The Hall–Kier alpha value is -2.38. The maximum absolute atomic E-state index is 12.5. The molecule has 3 aromatic rings. The first-order chi connectivity index (χ1) is 15.0. The van der Waals surface area contributed by atoms with E-state index in [1.165, 1.54) is 4.70 Å². The van der Waals surface area contributed by atoms with Crippen molar-refractivity contribution in [1.82, 2.24) is 9.88 Å². The predicted octanol–water partition coefficient (Wildman–Crippen LogP) is 5.53. The van der Waals surface area contributed by atoms with Gasteiger partial charge in [0, 0.05) is 17.8 Å². The van der Waals surface area contributed by atoms with Gasteiger partial charge >= 0.3 is 5.97 Å². The summed E-state index contributed by atoms with van der Waals surface area (Å²) in [5, 5.41) is 0. The van der Waals surface area contributed by atoms with E-state index in [0.29, 0.717) is 5.56 Å². The van der Waals surface area contributed by atoms with Crippen molar-refractivity contribution in [2.24, 2.45) is 0 Å². The molecule has 31 heavy (non-hydrogen) atoms. The van der Waals surface area contributed by atoms with Crippen LogP contribution in [0.4, 0.5) is 0 Å². The fourth-order valence-corrected chi connectivity index (χ4v) is 6.02. The molecule has 0 aliphatic carbocycles. The highest BCUT2D eigenvalue weighted by atomic mass is 32.2. The van der Waals surface area contributed by atoms with Gasteiger partial charge in [-0.15, -0.1) is 11.3 Å². The molecule has 0 unspecified atom stereocenters. The van der Waals surface area contributed by atoms with Crippen molar-refractivity contribution < 1.29 is 14.3 Å². The number of esters is 1. The molecular formula is C24H26N2O3S2. The highest BCUT2D eigenvalue weighted by Gasteiger charge is 2.29. The molecule has 0 N–H and O–H groups in total. The van der Waals surface area contributed by atoms with Gasteiger partial charge in [0.15, 0.2) is 10.9 Å². The van der Waals surface area contributed by atoms with Crippen LogP contribution in [0.25, 0.3) is 10.2 Å². The summed E-state index contributed by atoms with van der Waals surface area (Å²) < 4.78 is 7.52. The first kappa shape index (κ1) is 21.8. The quantitative estimate of drug-likeness (QED) is 0.362. The summed E-state index contributed by atoms with van der Waals surface area (Å²) in [5.74, 6) is 0.200. The van der Waals surface area contributed by atoms with E-state index >= 15 is 0 Å². The van der Waals surface area contributed by atoms with E-state index in [1.807, 2.05) is 35.2 Å². The van der Waals surface area contributed by atoms with E-state index in [2.05, 4.69) is 24.9 Å². The Morgan fingerprint density at radius 3 is 2.52 bits per heavy atom. The third-order valence-electron chi connectivity index (χ3n) is 5.63. The van der Waals surface area contributed by atoms with Gasteiger partial charge in [-0.3, -0.25) is 4.79 Å². The second kappa shape index (κ2) is 9.83. The number of carbonyl (C=O) groups is 2. The van der Waals surface area contributed by atoms with E-state index in [4.69, 9.17) is 4.74 Å². The van der Waals surface area contributed by atoms with E-state index < -0.39 is 5.97 Å². The van der Waals surface area contributed by atoms with Crippen LogP contribution in [-0.2, 0) is 15.3 Å². The molecule has 1 fully saturated rings. The summed E-state index contributed by atoms with van der Waals surface area (Å²) >= 11 is 3.37. The molecule has 2 heterocycles. The third-order valence-corrected chi connectivity index (χ3v) is 7.88. The highest BCUT2D eigenvalue weighted by molar-refractivity contribution is 8.00. The lowest BCUT2D eigenvalue weighted by Gasteiger charge is -2.38. The van der Waals surface area contributed by atoms with Crippen LogP contribution in [0, 0.1) is 0 Å². The fourth-order valence-electron chi connectivity index (χ4n) is 3.99. The van der Waals surface area contributed by atoms with E-state index in [1.54, 1.807) is 35.2 Å². The maximum Gasteiger partial charge on any atom is 0.338 e. The van der Waals surface area contributed by atoms with Crippen molar-refractivity contribution >= 4 is 45.2 Å². The second-order valence-corrected chi connectivity index (χ2v) is 10.2. The van der Waals surface area contributed by atoms with Gasteiger partial charge in [0.05, 0.1) is 15.8 Å². The van der Waals surface area contributed by atoms with Crippen molar-refractivity contribution in [3.8, 4) is 0 Å². The van der Waals surface area contributed by atoms with Gasteiger partial charge in [-0.25, -0.2) is 9.78 Å². The normalized spacial score (nSPS) is 18.8. The monoisotopic (exact) mass is 454 g/mol. The molecule has 0 saturated carbocycles.